The predicted octanol–water partition coefficient (Wildman–Crippen LogP) is 5.24. The number of carbonyl (C=O) groups excluding carboxylic acids is 2. The largest absolute Gasteiger partial charge is 0.503 e. The van der Waals surface area contributed by atoms with E-state index < -0.39 is 17.7 Å². The highest BCUT2D eigenvalue weighted by molar-refractivity contribution is 7.12. The lowest BCUT2D eigenvalue weighted by atomic mass is 9.95. The Morgan fingerprint density at radius 2 is 1.85 bits per heavy atom. The smallest absolute Gasteiger partial charge is 0.290 e. The number of amides is 1. The lowest BCUT2D eigenvalue weighted by molar-refractivity contribution is -0.129. The van der Waals surface area contributed by atoms with Gasteiger partial charge in [0.2, 0.25) is 5.78 Å². The van der Waals surface area contributed by atoms with Gasteiger partial charge >= 0.3 is 0 Å². The topological polar surface area (TPSA) is 76.1 Å². The second kappa shape index (κ2) is 9.68. The van der Waals surface area contributed by atoms with Gasteiger partial charge in [0.25, 0.3) is 5.91 Å². The van der Waals surface area contributed by atoms with Crippen molar-refractivity contribution in [2.45, 2.75) is 12.5 Å². The number of thiophene rings is 1. The maximum atomic E-state index is 13.3. The molecule has 0 saturated heterocycles. The molecule has 1 amide bonds. The quantitative estimate of drug-likeness (QED) is 0.443. The zero-order valence-electron chi connectivity index (χ0n) is 18.1. The molecule has 6 nitrogen and oxygen atoms in total. The van der Waals surface area contributed by atoms with E-state index in [2.05, 4.69) is 0 Å². The number of nitrogens with zero attached hydrogens (tertiary/aromatic N) is 1. The van der Waals surface area contributed by atoms with E-state index in [1.165, 1.54) is 16.2 Å². The molecule has 4 rings (SSSR count). The standard InChI is InChI=1S/C25H22ClNO5S/c1-31-18-10-9-15(14-19(18)32-2)11-12-27-22(16-6-3-4-7-17(16)26)21(24(29)25(27)30)23(28)20-8-5-13-33-20/h3-10,13-14,22,29H,11-12H2,1-2H3/t22-/m0/s1. The van der Waals surface area contributed by atoms with Crippen molar-refractivity contribution in [2.24, 2.45) is 0 Å². The fraction of sp³-hybridized carbons (Fsp3) is 0.200. The number of aliphatic hydroxyl groups excluding tert-OH is 1. The zero-order valence-corrected chi connectivity index (χ0v) is 19.7. The van der Waals surface area contributed by atoms with E-state index in [0.29, 0.717) is 33.4 Å². The number of ketones is 1. The Morgan fingerprint density at radius 3 is 2.52 bits per heavy atom. The number of hydrogen-bond acceptors (Lipinski definition) is 6. The summed E-state index contributed by atoms with van der Waals surface area (Å²) in [6.45, 7) is 0.259. The van der Waals surface area contributed by atoms with Crippen LogP contribution in [-0.2, 0) is 11.2 Å². The number of ether oxygens (including phenoxy) is 2. The number of halogens is 1. The Balaban J connectivity index is 1.69. The van der Waals surface area contributed by atoms with Gasteiger partial charge in [0, 0.05) is 11.6 Å². The van der Waals surface area contributed by atoms with Crippen molar-refractivity contribution in [1.82, 2.24) is 4.90 Å². The Hall–Kier alpha value is -3.29. The van der Waals surface area contributed by atoms with Crippen molar-refractivity contribution >= 4 is 34.6 Å². The van der Waals surface area contributed by atoms with E-state index in [0.717, 1.165) is 5.56 Å². The Morgan fingerprint density at radius 1 is 1.09 bits per heavy atom. The monoisotopic (exact) mass is 483 g/mol. The fourth-order valence-electron chi connectivity index (χ4n) is 3.96. The van der Waals surface area contributed by atoms with Crippen LogP contribution in [0.2, 0.25) is 5.02 Å². The minimum Gasteiger partial charge on any atom is -0.503 e. The van der Waals surface area contributed by atoms with E-state index in [4.69, 9.17) is 21.1 Å². The first-order valence-corrected chi connectivity index (χ1v) is 11.5. The third-order valence-corrected chi connectivity index (χ3v) is 6.80. The molecule has 33 heavy (non-hydrogen) atoms. The SMILES string of the molecule is COc1ccc(CCN2C(=O)C(O)=C(C(=O)c3cccs3)[C@@H]2c2ccccc2Cl)cc1OC. The molecule has 0 bridgehead atoms. The maximum absolute atomic E-state index is 13.3. The van der Waals surface area contributed by atoms with Crippen LogP contribution in [-0.4, -0.2) is 42.5 Å². The van der Waals surface area contributed by atoms with Gasteiger partial charge in [0.1, 0.15) is 0 Å². The van der Waals surface area contributed by atoms with Crippen molar-refractivity contribution in [3.63, 3.8) is 0 Å². The Labute approximate surface area is 200 Å². The van der Waals surface area contributed by atoms with Gasteiger partial charge in [-0.2, -0.15) is 0 Å². The summed E-state index contributed by atoms with van der Waals surface area (Å²) in [5.41, 5.74) is 1.54. The third kappa shape index (κ3) is 4.34. The van der Waals surface area contributed by atoms with Crippen LogP contribution < -0.4 is 9.47 Å². The summed E-state index contributed by atoms with van der Waals surface area (Å²) in [7, 11) is 3.12. The van der Waals surface area contributed by atoms with E-state index in [9.17, 15) is 14.7 Å². The van der Waals surface area contributed by atoms with Crippen molar-refractivity contribution in [3.05, 3.63) is 92.3 Å². The molecule has 2 aromatic carbocycles. The van der Waals surface area contributed by atoms with Crippen LogP contribution in [0.15, 0.2) is 71.3 Å². The molecule has 1 N–H and O–H groups in total. The van der Waals surface area contributed by atoms with Gasteiger partial charge in [0.15, 0.2) is 17.3 Å². The van der Waals surface area contributed by atoms with Gasteiger partial charge in [-0.1, -0.05) is 41.9 Å². The second-order valence-corrected chi connectivity index (χ2v) is 8.79. The number of benzene rings is 2. The fourth-order valence-corrected chi connectivity index (χ4v) is 4.88. The van der Waals surface area contributed by atoms with Gasteiger partial charge in [-0.3, -0.25) is 9.59 Å². The Bertz CT molecular complexity index is 1220. The molecule has 0 spiro atoms. The predicted molar refractivity (Wildman–Crippen MR) is 127 cm³/mol. The molecule has 170 valence electrons. The van der Waals surface area contributed by atoms with Gasteiger partial charge in [-0.15, -0.1) is 11.3 Å². The number of hydrogen-bond donors (Lipinski definition) is 1. The molecule has 1 aromatic heterocycles. The maximum Gasteiger partial charge on any atom is 0.290 e. The highest BCUT2D eigenvalue weighted by Gasteiger charge is 2.44. The van der Waals surface area contributed by atoms with Gasteiger partial charge in [-0.05, 0) is 47.2 Å². The first kappa shape index (κ1) is 22.9. The van der Waals surface area contributed by atoms with Crippen molar-refractivity contribution in [1.29, 1.82) is 0 Å². The number of carbonyl (C=O) groups is 2. The van der Waals surface area contributed by atoms with E-state index in [1.54, 1.807) is 62.1 Å². The molecule has 1 aliphatic heterocycles. The average Bonchev–Trinajstić information content (AvgIpc) is 3.45. The van der Waals surface area contributed by atoms with Gasteiger partial charge in [0.05, 0.1) is 30.7 Å². The van der Waals surface area contributed by atoms with Crippen molar-refractivity contribution < 1.29 is 24.2 Å². The molecule has 2 heterocycles. The van der Waals surface area contributed by atoms with Crippen LogP contribution in [0.4, 0.5) is 0 Å². The lowest BCUT2D eigenvalue weighted by Gasteiger charge is -2.27. The third-order valence-electron chi connectivity index (χ3n) is 5.58. The number of rotatable bonds is 8. The second-order valence-electron chi connectivity index (χ2n) is 7.43. The molecule has 0 radical (unpaired) electrons. The van der Waals surface area contributed by atoms with Crippen LogP contribution in [0, 0.1) is 0 Å². The molecular weight excluding hydrogens is 462 g/mol. The summed E-state index contributed by atoms with van der Waals surface area (Å²) < 4.78 is 10.7. The summed E-state index contributed by atoms with van der Waals surface area (Å²) in [6, 6.07) is 15.2. The summed E-state index contributed by atoms with van der Waals surface area (Å²) in [5, 5.41) is 13.0. The van der Waals surface area contributed by atoms with Crippen molar-refractivity contribution in [2.75, 3.05) is 20.8 Å². The molecular formula is C25H22ClNO5S. The number of Topliss-reactive ketones (excluding diaryl/α,β-unsaturated/α-hetero) is 1. The summed E-state index contributed by atoms with van der Waals surface area (Å²) >= 11 is 7.73. The normalized spacial score (nSPS) is 15.8. The summed E-state index contributed by atoms with van der Waals surface area (Å²) in [6.07, 6.45) is 0.473. The molecule has 0 unspecified atom stereocenters. The first-order chi connectivity index (χ1) is 16.0. The Kier molecular flexibility index (Phi) is 6.72. The molecule has 1 aliphatic rings. The molecule has 8 heteroatoms. The number of aliphatic hydroxyl groups is 1. The minimum atomic E-state index is -0.791. The van der Waals surface area contributed by atoms with Crippen LogP contribution >= 0.6 is 22.9 Å². The lowest BCUT2D eigenvalue weighted by Crippen LogP contribution is -2.33. The minimum absolute atomic E-state index is 0.0443. The highest BCUT2D eigenvalue weighted by Crippen LogP contribution is 2.42. The zero-order chi connectivity index (χ0) is 23.5. The molecule has 0 saturated carbocycles. The van der Waals surface area contributed by atoms with Gasteiger partial charge in [-0.25, -0.2) is 0 Å². The van der Waals surface area contributed by atoms with Crippen LogP contribution in [0.3, 0.4) is 0 Å². The van der Waals surface area contributed by atoms with Crippen LogP contribution in [0.25, 0.3) is 0 Å². The average molecular weight is 484 g/mol. The van der Waals surface area contributed by atoms with Crippen LogP contribution in [0.1, 0.15) is 26.8 Å². The van der Waals surface area contributed by atoms with E-state index >= 15 is 0 Å². The molecule has 1 atom stereocenters. The molecule has 0 fully saturated rings. The summed E-state index contributed by atoms with van der Waals surface area (Å²) in [4.78, 5) is 28.3. The highest BCUT2D eigenvalue weighted by atomic mass is 35.5. The van der Waals surface area contributed by atoms with E-state index in [-0.39, 0.29) is 17.9 Å². The van der Waals surface area contributed by atoms with Crippen molar-refractivity contribution in [3.8, 4) is 11.5 Å². The first-order valence-electron chi connectivity index (χ1n) is 10.2. The van der Waals surface area contributed by atoms with E-state index in [1.807, 2.05) is 12.1 Å². The van der Waals surface area contributed by atoms with Gasteiger partial charge < -0.3 is 19.5 Å². The summed E-state index contributed by atoms with van der Waals surface area (Å²) in [5.74, 6) is -0.323. The molecule has 3 aromatic rings. The van der Waals surface area contributed by atoms with Crippen LogP contribution in [0.5, 0.6) is 11.5 Å². The number of methoxy groups -OCH3 is 2. The molecule has 0 aliphatic carbocycles.